The standard InChI is InChI=1S/C17H17N3O2/c1-11-4-3-5-12(8-11)9-16(21)20-15-10-13(18)6-7-14(15)19(2)17(20)22/h3-8,10H,9,18H2,1-2H3. The number of anilines is 1. The van der Waals surface area contributed by atoms with Crippen molar-refractivity contribution >= 4 is 22.6 Å². The molecule has 0 spiro atoms. The van der Waals surface area contributed by atoms with Crippen molar-refractivity contribution in [1.82, 2.24) is 9.13 Å². The molecule has 0 bridgehead atoms. The molecule has 5 heteroatoms. The first-order chi connectivity index (χ1) is 10.5. The van der Waals surface area contributed by atoms with Crippen LogP contribution in [0.15, 0.2) is 47.3 Å². The third kappa shape index (κ3) is 2.30. The number of rotatable bonds is 2. The third-order valence-corrected chi connectivity index (χ3v) is 3.77. The molecule has 0 aliphatic rings. The van der Waals surface area contributed by atoms with Gasteiger partial charge in [0, 0.05) is 12.7 Å². The number of imidazole rings is 1. The molecule has 22 heavy (non-hydrogen) atoms. The van der Waals surface area contributed by atoms with Gasteiger partial charge in [-0.2, -0.15) is 0 Å². The highest BCUT2D eigenvalue weighted by Gasteiger charge is 2.17. The predicted molar refractivity (Wildman–Crippen MR) is 87.1 cm³/mol. The van der Waals surface area contributed by atoms with Crippen LogP contribution in [0.1, 0.15) is 15.9 Å². The molecule has 0 aliphatic heterocycles. The van der Waals surface area contributed by atoms with Crippen molar-refractivity contribution in [2.75, 3.05) is 5.73 Å². The normalized spacial score (nSPS) is 11.0. The fourth-order valence-corrected chi connectivity index (χ4v) is 2.68. The summed E-state index contributed by atoms with van der Waals surface area (Å²) in [4.78, 5) is 25.0. The molecular formula is C17H17N3O2. The van der Waals surface area contributed by atoms with E-state index in [0.717, 1.165) is 11.1 Å². The van der Waals surface area contributed by atoms with Gasteiger partial charge in [-0.15, -0.1) is 0 Å². The molecule has 2 aromatic carbocycles. The predicted octanol–water partition coefficient (Wildman–Crippen LogP) is 2.11. The van der Waals surface area contributed by atoms with Crippen molar-refractivity contribution in [3.8, 4) is 0 Å². The molecule has 5 nitrogen and oxygen atoms in total. The van der Waals surface area contributed by atoms with E-state index in [4.69, 9.17) is 5.73 Å². The molecule has 0 saturated heterocycles. The van der Waals surface area contributed by atoms with Crippen LogP contribution in [-0.2, 0) is 13.5 Å². The number of fused-ring (bicyclic) bond motifs is 1. The lowest BCUT2D eigenvalue weighted by molar-refractivity contribution is 0.0914. The van der Waals surface area contributed by atoms with E-state index < -0.39 is 0 Å². The van der Waals surface area contributed by atoms with Crippen LogP contribution in [0.2, 0.25) is 0 Å². The summed E-state index contributed by atoms with van der Waals surface area (Å²) in [6.45, 7) is 1.97. The molecule has 0 fully saturated rings. The van der Waals surface area contributed by atoms with Crippen molar-refractivity contribution in [3.05, 3.63) is 64.1 Å². The fraction of sp³-hybridized carbons (Fsp3) is 0.176. The van der Waals surface area contributed by atoms with Crippen molar-refractivity contribution in [2.24, 2.45) is 7.05 Å². The second-order valence-corrected chi connectivity index (χ2v) is 5.48. The Balaban J connectivity index is 2.09. The zero-order valence-electron chi connectivity index (χ0n) is 12.5. The minimum Gasteiger partial charge on any atom is -0.399 e. The summed E-state index contributed by atoms with van der Waals surface area (Å²) in [7, 11) is 1.65. The van der Waals surface area contributed by atoms with Crippen LogP contribution in [-0.4, -0.2) is 15.0 Å². The number of nitrogens with two attached hydrogens (primary N) is 1. The van der Waals surface area contributed by atoms with Gasteiger partial charge in [-0.3, -0.25) is 9.36 Å². The summed E-state index contributed by atoms with van der Waals surface area (Å²) in [6, 6.07) is 12.8. The molecule has 1 aromatic heterocycles. The summed E-state index contributed by atoms with van der Waals surface area (Å²) in [5.74, 6) is -0.258. The van der Waals surface area contributed by atoms with Crippen LogP contribution in [0.25, 0.3) is 11.0 Å². The molecule has 0 unspecified atom stereocenters. The average Bonchev–Trinajstić information content (AvgIpc) is 2.70. The Labute approximate surface area is 127 Å². The highest BCUT2D eigenvalue weighted by Crippen LogP contribution is 2.17. The highest BCUT2D eigenvalue weighted by molar-refractivity contribution is 5.92. The average molecular weight is 295 g/mol. The number of nitrogens with zero attached hydrogens (tertiary/aromatic N) is 2. The molecule has 2 N–H and O–H groups in total. The van der Waals surface area contributed by atoms with Crippen molar-refractivity contribution < 1.29 is 4.79 Å². The van der Waals surface area contributed by atoms with Gasteiger partial charge in [-0.05, 0) is 30.7 Å². The lowest BCUT2D eigenvalue weighted by atomic mass is 10.1. The summed E-state index contributed by atoms with van der Waals surface area (Å²) >= 11 is 0. The summed E-state index contributed by atoms with van der Waals surface area (Å²) in [5, 5.41) is 0. The van der Waals surface area contributed by atoms with E-state index in [2.05, 4.69) is 0 Å². The number of hydrogen-bond acceptors (Lipinski definition) is 3. The van der Waals surface area contributed by atoms with E-state index in [1.54, 1.807) is 25.2 Å². The molecule has 3 rings (SSSR count). The van der Waals surface area contributed by atoms with Crippen LogP contribution in [0.5, 0.6) is 0 Å². The highest BCUT2D eigenvalue weighted by atomic mass is 16.2. The third-order valence-electron chi connectivity index (χ3n) is 3.77. The Kier molecular flexibility index (Phi) is 3.33. The molecule has 112 valence electrons. The van der Waals surface area contributed by atoms with Gasteiger partial charge in [-0.25, -0.2) is 9.36 Å². The van der Waals surface area contributed by atoms with Crippen LogP contribution in [0, 0.1) is 6.92 Å². The topological polar surface area (TPSA) is 70.0 Å². The minimum atomic E-state index is -0.349. The lowest BCUT2D eigenvalue weighted by Crippen LogP contribution is -2.28. The van der Waals surface area contributed by atoms with Crippen molar-refractivity contribution in [2.45, 2.75) is 13.3 Å². The van der Waals surface area contributed by atoms with E-state index in [1.807, 2.05) is 31.2 Å². The van der Waals surface area contributed by atoms with Crippen LogP contribution < -0.4 is 11.4 Å². The van der Waals surface area contributed by atoms with Crippen molar-refractivity contribution in [1.29, 1.82) is 0 Å². The van der Waals surface area contributed by atoms with E-state index in [-0.39, 0.29) is 18.0 Å². The molecule has 0 radical (unpaired) electrons. The monoisotopic (exact) mass is 295 g/mol. The Morgan fingerprint density at radius 2 is 1.91 bits per heavy atom. The number of benzene rings is 2. The SMILES string of the molecule is Cc1cccc(CC(=O)n2c(=O)n(C)c3ccc(N)cc32)c1. The minimum absolute atomic E-state index is 0.176. The Morgan fingerprint density at radius 1 is 1.14 bits per heavy atom. The number of aromatic nitrogens is 2. The summed E-state index contributed by atoms with van der Waals surface area (Å²) < 4.78 is 2.66. The number of carbonyl (C=O) groups excluding carboxylic acids is 1. The second-order valence-electron chi connectivity index (χ2n) is 5.48. The number of aryl methyl sites for hydroxylation is 2. The van der Waals surface area contributed by atoms with E-state index >= 15 is 0 Å². The van der Waals surface area contributed by atoms with Gasteiger partial charge in [0.1, 0.15) is 0 Å². The van der Waals surface area contributed by atoms with Crippen LogP contribution in [0.4, 0.5) is 5.69 Å². The largest absolute Gasteiger partial charge is 0.399 e. The number of carbonyl (C=O) groups is 1. The van der Waals surface area contributed by atoms with Crippen LogP contribution >= 0.6 is 0 Å². The van der Waals surface area contributed by atoms with Gasteiger partial charge in [0.2, 0.25) is 5.91 Å². The van der Waals surface area contributed by atoms with E-state index in [1.165, 1.54) is 9.13 Å². The molecule has 0 saturated carbocycles. The van der Waals surface area contributed by atoms with E-state index in [0.29, 0.717) is 16.7 Å². The Hall–Kier alpha value is -2.82. The van der Waals surface area contributed by atoms with Crippen molar-refractivity contribution in [3.63, 3.8) is 0 Å². The maximum absolute atomic E-state index is 12.6. The molecular weight excluding hydrogens is 278 g/mol. The number of hydrogen-bond donors (Lipinski definition) is 1. The smallest absolute Gasteiger partial charge is 0.335 e. The Morgan fingerprint density at radius 3 is 2.64 bits per heavy atom. The Bertz CT molecular complexity index is 935. The second kappa shape index (κ2) is 5.18. The first-order valence-corrected chi connectivity index (χ1v) is 7.03. The molecule has 1 heterocycles. The first kappa shape index (κ1) is 14.1. The quantitative estimate of drug-likeness (QED) is 0.736. The zero-order chi connectivity index (χ0) is 15.9. The van der Waals surface area contributed by atoms with Crippen LogP contribution in [0.3, 0.4) is 0 Å². The van der Waals surface area contributed by atoms with Gasteiger partial charge in [-0.1, -0.05) is 29.8 Å². The lowest BCUT2D eigenvalue weighted by Gasteiger charge is -2.04. The maximum atomic E-state index is 12.6. The van der Waals surface area contributed by atoms with Gasteiger partial charge in [0.15, 0.2) is 0 Å². The fourth-order valence-electron chi connectivity index (χ4n) is 2.68. The zero-order valence-corrected chi connectivity index (χ0v) is 12.5. The molecule has 0 amide bonds. The summed E-state index contributed by atoms with van der Waals surface area (Å²) in [5.41, 5.74) is 9.17. The van der Waals surface area contributed by atoms with E-state index in [9.17, 15) is 9.59 Å². The van der Waals surface area contributed by atoms with Gasteiger partial charge < -0.3 is 5.73 Å². The summed E-state index contributed by atoms with van der Waals surface area (Å²) in [6.07, 6.45) is 0.176. The molecule has 0 aliphatic carbocycles. The van der Waals surface area contributed by atoms with Gasteiger partial charge in [0.25, 0.3) is 0 Å². The number of nitrogen functional groups attached to an aromatic ring is 1. The molecule has 3 aromatic rings. The van der Waals surface area contributed by atoms with Gasteiger partial charge >= 0.3 is 5.69 Å². The maximum Gasteiger partial charge on any atom is 0.335 e. The first-order valence-electron chi connectivity index (χ1n) is 7.03. The molecule has 0 atom stereocenters. The van der Waals surface area contributed by atoms with Gasteiger partial charge in [0.05, 0.1) is 17.5 Å².